The molecular formula is C14H13N3O3. The van der Waals surface area contributed by atoms with Gasteiger partial charge in [-0.15, -0.1) is 0 Å². The Labute approximate surface area is 115 Å². The maximum Gasteiger partial charge on any atom is 0.277 e. The number of hydrogen-bond acceptors (Lipinski definition) is 5. The highest BCUT2D eigenvalue weighted by molar-refractivity contribution is 6.17. The molecule has 0 spiro atoms. The third-order valence-corrected chi connectivity index (χ3v) is 2.90. The quantitative estimate of drug-likeness (QED) is 0.779. The Morgan fingerprint density at radius 3 is 2.80 bits per heavy atom. The lowest BCUT2D eigenvalue weighted by Gasteiger charge is -2.14. The monoisotopic (exact) mass is 271 g/mol. The molecule has 20 heavy (non-hydrogen) atoms. The summed E-state index contributed by atoms with van der Waals surface area (Å²) in [6, 6.07) is 7.18. The van der Waals surface area contributed by atoms with E-state index in [-0.39, 0.29) is 18.8 Å². The molecule has 0 radical (unpaired) electrons. The Hall–Kier alpha value is -2.65. The van der Waals surface area contributed by atoms with Crippen molar-refractivity contribution >= 4 is 17.5 Å². The first kappa shape index (κ1) is 13.8. The van der Waals surface area contributed by atoms with Crippen molar-refractivity contribution in [3.05, 3.63) is 41.1 Å². The summed E-state index contributed by atoms with van der Waals surface area (Å²) in [7, 11) is 0. The van der Waals surface area contributed by atoms with E-state index in [4.69, 9.17) is 10.4 Å². The van der Waals surface area contributed by atoms with Gasteiger partial charge in [-0.1, -0.05) is 6.07 Å². The molecule has 1 heterocycles. The van der Waals surface area contributed by atoms with Gasteiger partial charge in [0.15, 0.2) is 0 Å². The summed E-state index contributed by atoms with van der Waals surface area (Å²) < 4.78 is 0. The van der Waals surface area contributed by atoms with Crippen LogP contribution in [0.5, 0.6) is 0 Å². The van der Waals surface area contributed by atoms with E-state index in [2.05, 4.69) is 5.32 Å². The second kappa shape index (κ2) is 5.55. The highest BCUT2D eigenvalue weighted by Gasteiger charge is 2.30. The van der Waals surface area contributed by atoms with E-state index < -0.39 is 11.8 Å². The fourth-order valence-electron chi connectivity index (χ4n) is 1.91. The molecule has 6 heteroatoms. The van der Waals surface area contributed by atoms with Gasteiger partial charge in [0.2, 0.25) is 0 Å². The molecule has 1 aliphatic rings. The van der Waals surface area contributed by atoms with Crippen LogP contribution in [0.1, 0.15) is 11.1 Å². The normalized spacial score (nSPS) is 14.2. The summed E-state index contributed by atoms with van der Waals surface area (Å²) >= 11 is 0. The molecule has 1 aromatic rings. The number of nitrogens with one attached hydrogen (secondary N) is 1. The molecule has 0 bridgehead atoms. The Kier molecular flexibility index (Phi) is 3.82. The number of benzene rings is 1. The summed E-state index contributed by atoms with van der Waals surface area (Å²) in [5.74, 6) is -0.979. The second-order valence-electron chi connectivity index (χ2n) is 4.36. The number of imide groups is 1. The molecular weight excluding hydrogens is 258 g/mol. The fourth-order valence-corrected chi connectivity index (χ4v) is 1.91. The zero-order chi connectivity index (χ0) is 14.7. The lowest BCUT2D eigenvalue weighted by molar-refractivity contribution is -0.137. The molecule has 0 atom stereocenters. The van der Waals surface area contributed by atoms with Crippen LogP contribution in [0.25, 0.3) is 0 Å². The van der Waals surface area contributed by atoms with Crippen molar-refractivity contribution in [1.29, 1.82) is 5.26 Å². The Morgan fingerprint density at radius 1 is 1.40 bits per heavy atom. The predicted molar refractivity (Wildman–Crippen MR) is 71.4 cm³/mol. The number of β-amino-alcohol motifs (C(OH)–C–C–N with tert-alkyl or cyclic N) is 1. The van der Waals surface area contributed by atoms with Crippen molar-refractivity contribution in [1.82, 2.24) is 4.90 Å². The number of anilines is 1. The molecule has 1 aromatic carbocycles. The predicted octanol–water partition coefficient (Wildman–Crippen LogP) is 0.524. The summed E-state index contributed by atoms with van der Waals surface area (Å²) in [6.45, 7) is 1.53. The number of amides is 2. The smallest absolute Gasteiger partial charge is 0.277 e. The standard InChI is InChI=1S/C14H13N3O3/c1-9-2-3-10(8-15)11(6-9)16-12-7-13(19)17(4-5-18)14(12)20/h2-3,6-7,16,18H,4-5H2,1H3. The van der Waals surface area contributed by atoms with Gasteiger partial charge in [0.1, 0.15) is 11.8 Å². The van der Waals surface area contributed by atoms with E-state index in [1.807, 2.05) is 13.0 Å². The van der Waals surface area contributed by atoms with Gasteiger partial charge in [-0.3, -0.25) is 14.5 Å². The van der Waals surface area contributed by atoms with Gasteiger partial charge in [0.25, 0.3) is 11.8 Å². The van der Waals surface area contributed by atoms with Crippen molar-refractivity contribution in [2.75, 3.05) is 18.5 Å². The van der Waals surface area contributed by atoms with Crippen molar-refractivity contribution in [2.45, 2.75) is 6.92 Å². The number of hydrogen-bond donors (Lipinski definition) is 2. The largest absolute Gasteiger partial charge is 0.395 e. The molecule has 2 amide bonds. The van der Waals surface area contributed by atoms with Gasteiger partial charge in [0, 0.05) is 6.08 Å². The van der Waals surface area contributed by atoms with Gasteiger partial charge < -0.3 is 10.4 Å². The van der Waals surface area contributed by atoms with Crippen LogP contribution < -0.4 is 5.32 Å². The number of carbonyl (C=O) groups excluding carboxylic acids is 2. The van der Waals surface area contributed by atoms with Crippen molar-refractivity contribution in [3.63, 3.8) is 0 Å². The maximum atomic E-state index is 12.0. The van der Waals surface area contributed by atoms with Crippen LogP contribution in [0.3, 0.4) is 0 Å². The first-order chi connectivity index (χ1) is 9.56. The summed E-state index contributed by atoms with van der Waals surface area (Å²) in [6.07, 6.45) is 1.17. The zero-order valence-corrected chi connectivity index (χ0v) is 10.9. The second-order valence-corrected chi connectivity index (χ2v) is 4.36. The topological polar surface area (TPSA) is 93.4 Å². The molecule has 2 rings (SSSR count). The van der Waals surface area contributed by atoms with E-state index in [0.717, 1.165) is 10.5 Å². The highest BCUT2D eigenvalue weighted by atomic mass is 16.3. The molecule has 0 saturated heterocycles. The average Bonchev–Trinajstić information content (AvgIpc) is 2.67. The summed E-state index contributed by atoms with van der Waals surface area (Å²) in [5.41, 5.74) is 1.89. The van der Waals surface area contributed by atoms with Crippen LogP contribution in [0.15, 0.2) is 30.0 Å². The summed E-state index contributed by atoms with van der Waals surface area (Å²) in [4.78, 5) is 24.5. The first-order valence-electron chi connectivity index (χ1n) is 6.03. The Balaban J connectivity index is 2.26. The minimum Gasteiger partial charge on any atom is -0.395 e. The average molecular weight is 271 g/mol. The minimum absolute atomic E-state index is 0.0434. The third kappa shape index (κ3) is 2.53. The Morgan fingerprint density at radius 2 is 2.15 bits per heavy atom. The number of carbonyl (C=O) groups is 2. The van der Waals surface area contributed by atoms with Crippen LogP contribution in [-0.4, -0.2) is 35.0 Å². The lowest BCUT2D eigenvalue weighted by atomic mass is 10.1. The number of aliphatic hydroxyl groups excluding tert-OH is 1. The molecule has 0 aliphatic carbocycles. The number of rotatable bonds is 4. The molecule has 0 fully saturated rings. The maximum absolute atomic E-state index is 12.0. The van der Waals surface area contributed by atoms with E-state index in [9.17, 15) is 9.59 Å². The SMILES string of the molecule is Cc1ccc(C#N)c(NC2=CC(=O)N(CCO)C2=O)c1. The first-order valence-corrected chi connectivity index (χ1v) is 6.03. The van der Waals surface area contributed by atoms with Gasteiger partial charge in [0.05, 0.1) is 24.4 Å². The number of aryl methyl sites for hydroxylation is 1. The Bertz CT molecular complexity index is 644. The number of nitrogens with zero attached hydrogens (tertiary/aromatic N) is 2. The van der Waals surface area contributed by atoms with Crippen molar-refractivity contribution < 1.29 is 14.7 Å². The molecule has 102 valence electrons. The fraction of sp³-hybridized carbons (Fsp3) is 0.214. The van der Waals surface area contributed by atoms with Gasteiger partial charge in [-0.25, -0.2) is 0 Å². The van der Waals surface area contributed by atoms with Crippen LogP contribution in [-0.2, 0) is 9.59 Å². The molecule has 6 nitrogen and oxygen atoms in total. The summed E-state index contributed by atoms with van der Waals surface area (Å²) in [5, 5.41) is 20.7. The molecule has 2 N–H and O–H groups in total. The lowest BCUT2D eigenvalue weighted by Crippen LogP contribution is -2.34. The van der Waals surface area contributed by atoms with E-state index >= 15 is 0 Å². The van der Waals surface area contributed by atoms with Crippen LogP contribution in [0, 0.1) is 18.3 Å². The zero-order valence-electron chi connectivity index (χ0n) is 10.9. The molecule has 0 unspecified atom stereocenters. The molecule has 0 saturated carbocycles. The molecule has 0 aromatic heterocycles. The van der Waals surface area contributed by atoms with Gasteiger partial charge >= 0.3 is 0 Å². The number of aliphatic hydroxyl groups is 1. The van der Waals surface area contributed by atoms with Gasteiger partial charge in [-0.2, -0.15) is 5.26 Å². The van der Waals surface area contributed by atoms with E-state index in [1.165, 1.54) is 6.08 Å². The van der Waals surface area contributed by atoms with Gasteiger partial charge in [-0.05, 0) is 24.6 Å². The number of nitriles is 1. The van der Waals surface area contributed by atoms with Crippen LogP contribution in [0.4, 0.5) is 5.69 Å². The van der Waals surface area contributed by atoms with Crippen molar-refractivity contribution in [2.24, 2.45) is 0 Å². The van der Waals surface area contributed by atoms with E-state index in [0.29, 0.717) is 11.3 Å². The van der Waals surface area contributed by atoms with Crippen molar-refractivity contribution in [3.8, 4) is 6.07 Å². The molecule has 1 aliphatic heterocycles. The highest BCUT2D eigenvalue weighted by Crippen LogP contribution is 2.21. The van der Waals surface area contributed by atoms with Crippen LogP contribution >= 0.6 is 0 Å². The van der Waals surface area contributed by atoms with Crippen LogP contribution in [0.2, 0.25) is 0 Å². The third-order valence-electron chi connectivity index (χ3n) is 2.90. The van der Waals surface area contributed by atoms with E-state index in [1.54, 1.807) is 18.2 Å². The minimum atomic E-state index is -0.505.